The van der Waals surface area contributed by atoms with Crippen LogP contribution in [0.25, 0.3) is 0 Å². The molecule has 2 rings (SSSR count). The molecule has 2 saturated carbocycles. The molecule has 0 amide bonds. The van der Waals surface area contributed by atoms with Crippen LogP contribution in [-0.4, -0.2) is 13.2 Å². The first-order valence-electron chi connectivity index (χ1n) is 10.8. The van der Waals surface area contributed by atoms with Crippen molar-refractivity contribution in [3.8, 4) is 0 Å². The second kappa shape index (κ2) is 8.56. The Labute approximate surface area is 153 Å². The fourth-order valence-corrected chi connectivity index (χ4v) is 6.50. The molecule has 2 aliphatic rings. The van der Waals surface area contributed by atoms with E-state index in [-0.39, 0.29) is 0 Å². The Bertz CT molecular complexity index is 374. The largest absolute Gasteiger partial charge is 0.381 e. The SMILES string of the molecule is CC.CCC(C)(C)C[C@@H](C)[C@H]1CCC2(CC)[C@@H](OC)CCCC12C. The summed E-state index contributed by atoms with van der Waals surface area (Å²) in [6.45, 7) is 18.8. The molecule has 0 aromatic rings. The number of ether oxygens (including phenoxy) is 1. The van der Waals surface area contributed by atoms with Gasteiger partial charge in [-0.05, 0) is 61.2 Å². The van der Waals surface area contributed by atoms with Gasteiger partial charge in [0, 0.05) is 12.5 Å². The average molecular weight is 339 g/mol. The molecule has 2 aliphatic carbocycles. The molecule has 2 fully saturated rings. The Kier molecular flexibility index (Phi) is 7.85. The quantitative estimate of drug-likeness (QED) is 0.487. The summed E-state index contributed by atoms with van der Waals surface area (Å²) in [4.78, 5) is 0. The van der Waals surface area contributed by atoms with E-state index >= 15 is 0 Å². The smallest absolute Gasteiger partial charge is 0.0632 e. The lowest BCUT2D eigenvalue weighted by atomic mass is 9.52. The van der Waals surface area contributed by atoms with Gasteiger partial charge in [-0.3, -0.25) is 0 Å². The van der Waals surface area contributed by atoms with Gasteiger partial charge in [0.1, 0.15) is 0 Å². The normalized spacial score (nSPS) is 37.4. The monoisotopic (exact) mass is 338 g/mol. The molecule has 5 atom stereocenters. The lowest BCUT2D eigenvalue weighted by Gasteiger charge is -2.55. The minimum atomic E-state index is 0.440. The predicted molar refractivity (Wildman–Crippen MR) is 107 cm³/mol. The number of hydrogen-bond donors (Lipinski definition) is 0. The van der Waals surface area contributed by atoms with Crippen LogP contribution >= 0.6 is 0 Å². The molecular formula is C23H46O. The molecule has 144 valence electrons. The Hall–Kier alpha value is -0.0400. The summed E-state index contributed by atoms with van der Waals surface area (Å²) in [6, 6.07) is 0. The third-order valence-corrected chi connectivity index (χ3v) is 8.07. The molecule has 0 N–H and O–H groups in total. The van der Waals surface area contributed by atoms with Crippen molar-refractivity contribution >= 4 is 0 Å². The van der Waals surface area contributed by atoms with Crippen LogP contribution in [0.3, 0.4) is 0 Å². The maximum absolute atomic E-state index is 6.01. The first kappa shape index (κ1) is 22.0. The zero-order valence-corrected chi connectivity index (χ0v) is 18.3. The van der Waals surface area contributed by atoms with Gasteiger partial charge in [-0.2, -0.15) is 0 Å². The van der Waals surface area contributed by atoms with Gasteiger partial charge in [-0.1, -0.05) is 68.2 Å². The third-order valence-electron chi connectivity index (χ3n) is 8.07. The molecule has 0 saturated heterocycles. The molecule has 0 spiro atoms. The van der Waals surface area contributed by atoms with Crippen LogP contribution in [0.15, 0.2) is 0 Å². The minimum absolute atomic E-state index is 0.440. The highest BCUT2D eigenvalue weighted by Gasteiger charge is 2.61. The maximum Gasteiger partial charge on any atom is 0.0632 e. The molecule has 0 aromatic carbocycles. The van der Waals surface area contributed by atoms with E-state index in [9.17, 15) is 0 Å². The van der Waals surface area contributed by atoms with Gasteiger partial charge in [0.05, 0.1) is 6.10 Å². The summed E-state index contributed by atoms with van der Waals surface area (Å²) in [5, 5.41) is 0. The second-order valence-corrected chi connectivity index (χ2v) is 9.39. The molecule has 0 aromatic heterocycles. The van der Waals surface area contributed by atoms with E-state index < -0.39 is 0 Å². The molecule has 24 heavy (non-hydrogen) atoms. The van der Waals surface area contributed by atoms with Crippen LogP contribution in [0.5, 0.6) is 0 Å². The standard InChI is InChI=1S/C21H40O.C2H6/c1-8-19(4,5)15-16(3)17-12-14-21(9-2)18(22-7)11-10-13-20(17,21)6;1-2/h16-18H,8-15H2,1-7H3;1-2H3/t16-,17-,18+,20?,21?;/m1./s1. The summed E-state index contributed by atoms with van der Waals surface area (Å²) >= 11 is 0. The van der Waals surface area contributed by atoms with Gasteiger partial charge in [-0.25, -0.2) is 0 Å². The van der Waals surface area contributed by atoms with Crippen LogP contribution in [0.2, 0.25) is 0 Å². The average Bonchev–Trinajstić information content (AvgIpc) is 2.89. The van der Waals surface area contributed by atoms with E-state index in [0.29, 0.717) is 22.3 Å². The summed E-state index contributed by atoms with van der Waals surface area (Å²) in [5.74, 6) is 1.72. The highest BCUT2D eigenvalue weighted by molar-refractivity contribution is 5.11. The van der Waals surface area contributed by atoms with Crippen molar-refractivity contribution in [3.05, 3.63) is 0 Å². The van der Waals surface area contributed by atoms with Crippen LogP contribution in [0, 0.1) is 28.1 Å². The van der Waals surface area contributed by atoms with Gasteiger partial charge in [-0.15, -0.1) is 0 Å². The van der Waals surface area contributed by atoms with Crippen molar-refractivity contribution in [1.82, 2.24) is 0 Å². The second-order valence-electron chi connectivity index (χ2n) is 9.39. The van der Waals surface area contributed by atoms with E-state index in [1.165, 1.54) is 51.4 Å². The molecule has 1 nitrogen and oxygen atoms in total. The Morgan fingerprint density at radius 3 is 2.25 bits per heavy atom. The summed E-state index contributed by atoms with van der Waals surface area (Å²) in [5.41, 5.74) is 1.42. The first-order valence-corrected chi connectivity index (χ1v) is 10.8. The van der Waals surface area contributed by atoms with E-state index in [2.05, 4.69) is 41.5 Å². The van der Waals surface area contributed by atoms with E-state index in [1.54, 1.807) is 0 Å². The highest BCUT2D eigenvalue weighted by atomic mass is 16.5. The number of fused-ring (bicyclic) bond motifs is 1. The van der Waals surface area contributed by atoms with Gasteiger partial charge in [0.2, 0.25) is 0 Å². The van der Waals surface area contributed by atoms with Crippen molar-refractivity contribution in [1.29, 1.82) is 0 Å². The van der Waals surface area contributed by atoms with Crippen molar-refractivity contribution < 1.29 is 4.74 Å². The Balaban J connectivity index is 0.00000139. The summed E-state index contributed by atoms with van der Waals surface area (Å²) in [7, 11) is 1.95. The van der Waals surface area contributed by atoms with Crippen LogP contribution in [0.1, 0.15) is 107 Å². The van der Waals surface area contributed by atoms with Gasteiger partial charge in [0.15, 0.2) is 0 Å². The summed E-state index contributed by atoms with van der Waals surface area (Å²) < 4.78 is 6.01. The topological polar surface area (TPSA) is 9.23 Å². The van der Waals surface area contributed by atoms with Crippen molar-refractivity contribution in [2.45, 2.75) is 113 Å². The lowest BCUT2D eigenvalue weighted by molar-refractivity contribution is -0.127. The maximum atomic E-state index is 6.01. The molecule has 0 aliphatic heterocycles. The zero-order chi connectivity index (χ0) is 18.6. The number of rotatable bonds is 6. The molecule has 0 radical (unpaired) electrons. The number of hydrogen-bond acceptors (Lipinski definition) is 1. The molecule has 2 unspecified atom stereocenters. The first-order chi connectivity index (χ1) is 11.3. The van der Waals surface area contributed by atoms with E-state index in [4.69, 9.17) is 4.74 Å². The van der Waals surface area contributed by atoms with Crippen LogP contribution in [-0.2, 0) is 4.74 Å². The van der Waals surface area contributed by atoms with Gasteiger partial charge >= 0.3 is 0 Å². The number of methoxy groups -OCH3 is 1. The van der Waals surface area contributed by atoms with Crippen molar-refractivity contribution in [2.75, 3.05) is 7.11 Å². The van der Waals surface area contributed by atoms with E-state index in [0.717, 1.165) is 11.8 Å². The third kappa shape index (κ3) is 3.71. The highest BCUT2D eigenvalue weighted by Crippen LogP contribution is 2.67. The zero-order valence-electron chi connectivity index (χ0n) is 18.3. The minimum Gasteiger partial charge on any atom is -0.381 e. The fraction of sp³-hybridized carbons (Fsp3) is 1.00. The van der Waals surface area contributed by atoms with Gasteiger partial charge in [0.25, 0.3) is 0 Å². The van der Waals surface area contributed by atoms with Crippen LogP contribution in [0.4, 0.5) is 0 Å². The van der Waals surface area contributed by atoms with Gasteiger partial charge < -0.3 is 4.74 Å². The lowest BCUT2D eigenvalue weighted by Crippen LogP contribution is -2.51. The Morgan fingerprint density at radius 1 is 1.12 bits per heavy atom. The van der Waals surface area contributed by atoms with Crippen LogP contribution < -0.4 is 0 Å². The summed E-state index contributed by atoms with van der Waals surface area (Å²) in [6.07, 6.45) is 11.3. The molecular weight excluding hydrogens is 292 g/mol. The van der Waals surface area contributed by atoms with Crippen molar-refractivity contribution in [3.63, 3.8) is 0 Å². The Morgan fingerprint density at radius 2 is 1.75 bits per heavy atom. The fourth-order valence-electron chi connectivity index (χ4n) is 6.50. The molecule has 1 heteroatoms. The predicted octanol–water partition coefficient (Wildman–Crippen LogP) is 7.49. The molecule has 0 bridgehead atoms. The van der Waals surface area contributed by atoms with Crippen molar-refractivity contribution in [2.24, 2.45) is 28.1 Å². The molecule has 0 heterocycles. The van der Waals surface area contributed by atoms with E-state index in [1.807, 2.05) is 21.0 Å².